The minimum Gasteiger partial charge on any atom is -0.496 e. The van der Waals surface area contributed by atoms with Crippen LogP contribution in [0, 0.1) is 11.6 Å². The third-order valence-corrected chi connectivity index (χ3v) is 3.51. The lowest BCUT2D eigenvalue weighted by atomic mass is 10.0. The first-order valence-electron chi connectivity index (χ1n) is 6.96. The first kappa shape index (κ1) is 15.4. The zero-order valence-corrected chi connectivity index (χ0v) is 12.2. The summed E-state index contributed by atoms with van der Waals surface area (Å²) in [6.45, 7) is 2.15. The van der Waals surface area contributed by atoms with Crippen LogP contribution in [0.25, 0.3) is 0 Å². The van der Waals surface area contributed by atoms with Gasteiger partial charge in [-0.1, -0.05) is 31.2 Å². The minimum atomic E-state index is -0.530. The molecule has 0 spiro atoms. The first-order valence-corrected chi connectivity index (χ1v) is 6.96. The molecule has 1 unspecified atom stereocenters. The molecule has 0 aliphatic rings. The lowest BCUT2D eigenvalue weighted by Gasteiger charge is -2.20. The number of halogens is 2. The van der Waals surface area contributed by atoms with Gasteiger partial charge in [0.05, 0.1) is 7.11 Å². The number of methoxy groups -OCH3 is 1. The molecule has 0 amide bonds. The SMILES string of the molecule is CCC(NCc1c(F)cccc1F)c1ccccc1OC. The number of para-hydroxylation sites is 1. The molecular formula is C17H19F2NO. The van der Waals surface area contributed by atoms with Crippen molar-refractivity contribution in [2.75, 3.05) is 7.11 Å². The van der Waals surface area contributed by atoms with Crippen molar-refractivity contribution in [1.82, 2.24) is 5.32 Å². The van der Waals surface area contributed by atoms with Crippen molar-refractivity contribution < 1.29 is 13.5 Å². The van der Waals surface area contributed by atoms with Crippen molar-refractivity contribution in [1.29, 1.82) is 0 Å². The van der Waals surface area contributed by atoms with Gasteiger partial charge in [-0.3, -0.25) is 0 Å². The van der Waals surface area contributed by atoms with E-state index in [0.717, 1.165) is 17.7 Å². The van der Waals surface area contributed by atoms with E-state index in [1.54, 1.807) is 7.11 Å². The maximum Gasteiger partial charge on any atom is 0.130 e. The van der Waals surface area contributed by atoms with Crippen molar-refractivity contribution in [3.63, 3.8) is 0 Å². The zero-order chi connectivity index (χ0) is 15.2. The molecule has 0 aliphatic heterocycles. The second-order valence-corrected chi connectivity index (χ2v) is 4.78. The van der Waals surface area contributed by atoms with Gasteiger partial charge in [0.2, 0.25) is 0 Å². The van der Waals surface area contributed by atoms with E-state index >= 15 is 0 Å². The molecule has 2 rings (SSSR count). The molecule has 112 valence electrons. The summed E-state index contributed by atoms with van der Waals surface area (Å²) in [7, 11) is 1.61. The summed E-state index contributed by atoms with van der Waals surface area (Å²) >= 11 is 0. The monoisotopic (exact) mass is 291 g/mol. The molecule has 1 atom stereocenters. The van der Waals surface area contributed by atoms with Crippen LogP contribution in [0.4, 0.5) is 8.78 Å². The molecule has 0 aliphatic carbocycles. The average molecular weight is 291 g/mol. The summed E-state index contributed by atoms with van der Waals surface area (Å²) in [5.74, 6) is -0.291. The quantitative estimate of drug-likeness (QED) is 0.860. The Hall–Kier alpha value is -1.94. The molecule has 0 radical (unpaired) electrons. The lowest BCUT2D eigenvalue weighted by molar-refractivity contribution is 0.395. The summed E-state index contributed by atoms with van der Waals surface area (Å²) in [5, 5.41) is 3.20. The van der Waals surface area contributed by atoms with E-state index in [-0.39, 0.29) is 18.2 Å². The number of benzene rings is 2. The predicted octanol–water partition coefficient (Wildman–Crippen LogP) is 4.21. The molecular weight excluding hydrogens is 272 g/mol. The Morgan fingerprint density at radius 2 is 1.71 bits per heavy atom. The van der Waals surface area contributed by atoms with Crippen LogP contribution in [0.2, 0.25) is 0 Å². The van der Waals surface area contributed by atoms with Gasteiger partial charge in [-0.05, 0) is 24.6 Å². The smallest absolute Gasteiger partial charge is 0.130 e. The van der Waals surface area contributed by atoms with Crippen LogP contribution < -0.4 is 10.1 Å². The molecule has 0 saturated heterocycles. The van der Waals surface area contributed by atoms with Crippen LogP contribution in [0.5, 0.6) is 5.75 Å². The van der Waals surface area contributed by atoms with Gasteiger partial charge in [-0.15, -0.1) is 0 Å². The third kappa shape index (κ3) is 3.58. The summed E-state index contributed by atoms with van der Waals surface area (Å²) in [4.78, 5) is 0. The third-order valence-electron chi connectivity index (χ3n) is 3.51. The molecule has 4 heteroatoms. The van der Waals surface area contributed by atoms with Gasteiger partial charge in [0, 0.05) is 23.7 Å². The molecule has 0 fully saturated rings. The van der Waals surface area contributed by atoms with Crippen LogP contribution in [0.3, 0.4) is 0 Å². The van der Waals surface area contributed by atoms with E-state index in [4.69, 9.17) is 4.74 Å². The molecule has 0 saturated carbocycles. The van der Waals surface area contributed by atoms with Gasteiger partial charge in [-0.2, -0.15) is 0 Å². The first-order chi connectivity index (χ1) is 10.2. The standard InChI is InChI=1S/C17H19F2NO/c1-3-16(12-7-4-5-10-17(12)21-2)20-11-13-14(18)8-6-9-15(13)19/h4-10,16,20H,3,11H2,1-2H3. The molecule has 2 aromatic rings. The Morgan fingerprint density at radius 1 is 1.05 bits per heavy atom. The van der Waals surface area contributed by atoms with E-state index in [9.17, 15) is 8.78 Å². The summed E-state index contributed by atoms with van der Waals surface area (Å²) in [6.07, 6.45) is 0.788. The highest BCUT2D eigenvalue weighted by Crippen LogP contribution is 2.27. The van der Waals surface area contributed by atoms with Crippen molar-refractivity contribution >= 4 is 0 Å². The zero-order valence-electron chi connectivity index (χ0n) is 12.2. The van der Waals surface area contributed by atoms with Crippen LogP contribution >= 0.6 is 0 Å². The number of ether oxygens (including phenoxy) is 1. The largest absolute Gasteiger partial charge is 0.496 e. The Labute approximate surface area is 123 Å². The van der Waals surface area contributed by atoms with Gasteiger partial charge < -0.3 is 10.1 Å². The highest BCUT2D eigenvalue weighted by atomic mass is 19.1. The minimum absolute atomic E-state index is 0.0276. The molecule has 0 aromatic heterocycles. The van der Waals surface area contributed by atoms with Gasteiger partial charge >= 0.3 is 0 Å². The Bertz CT molecular complexity index is 581. The van der Waals surface area contributed by atoms with Crippen molar-refractivity contribution in [3.05, 3.63) is 65.2 Å². The maximum absolute atomic E-state index is 13.6. The molecule has 21 heavy (non-hydrogen) atoms. The summed E-state index contributed by atoms with van der Waals surface area (Å²) in [5.41, 5.74) is 1.05. The highest BCUT2D eigenvalue weighted by Gasteiger charge is 2.15. The van der Waals surface area contributed by atoms with Crippen LogP contribution in [-0.4, -0.2) is 7.11 Å². The van der Waals surface area contributed by atoms with E-state index in [1.807, 2.05) is 31.2 Å². The fourth-order valence-electron chi connectivity index (χ4n) is 2.35. The fourth-order valence-corrected chi connectivity index (χ4v) is 2.35. The Balaban J connectivity index is 2.17. The fraction of sp³-hybridized carbons (Fsp3) is 0.294. The summed E-state index contributed by atoms with van der Waals surface area (Å²) < 4.78 is 32.6. The highest BCUT2D eigenvalue weighted by molar-refractivity contribution is 5.36. The van der Waals surface area contributed by atoms with Crippen molar-refractivity contribution in [3.8, 4) is 5.75 Å². The predicted molar refractivity (Wildman–Crippen MR) is 79.2 cm³/mol. The molecule has 2 aromatic carbocycles. The maximum atomic E-state index is 13.6. The molecule has 2 nitrogen and oxygen atoms in total. The van der Waals surface area contributed by atoms with Crippen molar-refractivity contribution in [2.24, 2.45) is 0 Å². The number of hydrogen-bond acceptors (Lipinski definition) is 2. The van der Waals surface area contributed by atoms with Crippen molar-refractivity contribution in [2.45, 2.75) is 25.9 Å². The Morgan fingerprint density at radius 3 is 2.33 bits per heavy atom. The topological polar surface area (TPSA) is 21.3 Å². The number of rotatable bonds is 6. The second-order valence-electron chi connectivity index (χ2n) is 4.78. The second kappa shape index (κ2) is 7.18. The number of nitrogens with one attached hydrogen (secondary N) is 1. The van der Waals surface area contributed by atoms with Gasteiger partial charge in [-0.25, -0.2) is 8.78 Å². The van der Waals surface area contributed by atoms with E-state index in [2.05, 4.69) is 5.32 Å². The van der Waals surface area contributed by atoms with E-state index in [0.29, 0.717) is 0 Å². The van der Waals surface area contributed by atoms with Gasteiger partial charge in [0.15, 0.2) is 0 Å². The van der Waals surface area contributed by atoms with Crippen LogP contribution in [-0.2, 0) is 6.54 Å². The van der Waals surface area contributed by atoms with E-state index < -0.39 is 11.6 Å². The van der Waals surface area contributed by atoms with Gasteiger partial charge in [0.25, 0.3) is 0 Å². The van der Waals surface area contributed by atoms with Crippen LogP contribution in [0.1, 0.15) is 30.5 Å². The molecule has 0 bridgehead atoms. The normalized spacial score (nSPS) is 12.2. The molecule has 0 heterocycles. The summed E-state index contributed by atoms with van der Waals surface area (Å²) in [6, 6.07) is 11.5. The number of hydrogen-bond donors (Lipinski definition) is 1. The van der Waals surface area contributed by atoms with E-state index in [1.165, 1.54) is 18.2 Å². The van der Waals surface area contributed by atoms with Gasteiger partial charge in [0.1, 0.15) is 17.4 Å². The Kier molecular flexibility index (Phi) is 5.28. The lowest BCUT2D eigenvalue weighted by Crippen LogP contribution is -2.22. The van der Waals surface area contributed by atoms with Crippen LogP contribution in [0.15, 0.2) is 42.5 Å². The molecule has 1 N–H and O–H groups in total. The average Bonchev–Trinajstić information content (AvgIpc) is 2.50.